The van der Waals surface area contributed by atoms with Crippen LogP contribution in [0.3, 0.4) is 0 Å². The molecule has 2 rings (SSSR count). The molecule has 1 aliphatic rings. The van der Waals surface area contributed by atoms with Gasteiger partial charge in [-0.3, -0.25) is 4.68 Å². The fourth-order valence-electron chi connectivity index (χ4n) is 2.44. The Balaban J connectivity index is 2.06. The smallest absolute Gasteiger partial charge is 0.0857 e. The third kappa shape index (κ3) is 2.95. The Morgan fingerprint density at radius 3 is 2.89 bits per heavy atom. The Morgan fingerprint density at radius 1 is 1.56 bits per heavy atom. The molecule has 2 atom stereocenters. The normalized spacial score (nSPS) is 22.1. The number of ether oxygens (including phenoxy) is 1. The molecule has 0 aromatic carbocycles. The average Bonchev–Trinajstić information content (AvgIpc) is 2.67. The van der Waals surface area contributed by atoms with Gasteiger partial charge in [-0.05, 0) is 41.6 Å². The van der Waals surface area contributed by atoms with E-state index in [1.807, 2.05) is 11.7 Å². The largest absolute Gasteiger partial charge is 0.390 e. The molecule has 0 radical (unpaired) electrons. The van der Waals surface area contributed by atoms with E-state index >= 15 is 0 Å². The van der Waals surface area contributed by atoms with Gasteiger partial charge in [0, 0.05) is 20.1 Å². The Labute approximate surface area is 116 Å². The zero-order valence-electron chi connectivity index (χ0n) is 11.0. The van der Waals surface area contributed by atoms with Crippen LogP contribution in [0.1, 0.15) is 37.6 Å². The minimum Gasteiger partial charge on any atom is -0.390 e. The van der Waals surface area contributed by atoms with Gasteiger partial charge in [-0.15, -0.1) is 0 Å². The van der Waals surface area contributed by atoms with Crippen LogP contribution in [0, 0.1) is 0 Å². The summed E-state index contributed by atoms with van der Waals surface area (Å²) in [5, 5.41) is 14.7. The van der Waals surface area contributed by atoms with Crippen LogP contribution >= 0.6 is 15.9 Å². The number of aromatic nitrogens is 2. The van der Waals surface area contributed by atoms with Crippen LogP contribution in [0.25, 0.3) is 0 Å². The highest BCUT2D eigenvalue weighted by molar-refractivity contribution is 9.10. The van der Waals surface area contributed by atoms with Gasteiger partial charge in [0.15, 0.2) is 0 Å². The molecule has 2 unspecified atom stereocenters. The molecule has 1 fully saturated rings. The summed E-state index contributed by atoms with van der Waals surface area (Å²) in [4.78, 5) is 0. The highest BCUT2D eigenvalue weighted by Gasteiger charge is 2.25. The SMILES string of the molecule is CCc1nn(C)c(CC(O)C2CCCCO2)c1Br. The number of rotatable bonds is 4. The van der Waals surface area contributed by atoms with Crippen LogP contribution in [0.2, 0.25) is 0 Å². The van der Waals surface area contributed by atoms with Crippen molar-refractivity contribution >= 4 is 15.9 Å². The van der Waals surface area contributed by atoms with E-state index in [0.717, 1.165) is 48.2 Å². The van der Waals surface area contributed by atoms with Gasteiger partial charge in [0.25, 0.3) is 0 Å². The molecule has 0 aliphatic carbocycles. The van der Waals surface area contributed by atoms with Crippen molar-refractivity contribution < 1.29 is 9.84 Å². The van der Waals surface area contributed by atoms with E-state index in [2.05, 4.69) is 28.0 Å². The van der Waals surface area contributed by atoms with E-state index in [0.29, 0.717) is 6.42 Å². The second kappa shape index (κ2) is 6.17. The highest BCUT2D eigenvalue weighted by Crippen LogP contribution is 2.25. The maximum absolute atomic E-state index is 10.3. The van der Waals surface area contributed by atoms with E-state index in [1.54, 1.807) is 0 Å². The molecule has 0 amide bonds. The summed E-state index contributed by atoms with van der Waals surface area (Å²) in [6.07, 6.45) is 4.23. The molecule has 5 heteroatoms. The van der Waals surface area contributed by atoms with E-state index in [9.17, 15) is 5.11 Å². The average molecular weight is 317 g/mol. The first-order valence-electron chi connectivity index (χ1n) is 6.63. The number of nitrogens with zero attached hydrogens (tertiary/aromatic N) is 2. The lowest BCUT2D eigenvalue weighted by Gasteiger charge is -2.27. The van der Waals surface area contributed by atoms with Gasteiger partial charge in [-0.1, -0.05) is 6.92 Å². The van der Waals surface area contributed by atoms with Gasteiger partial charge in [-0.2, -0.15) is 5.10 Å². The van der Waals surface area contributed by atoms with Crippen molar-refractivity contribution in [3.8, 4) is 0 Å². The first kappa shape index (κ1) is 14.0. The molecule has 1 N–H and O–H groups in total. The van der Waals surface area contributed by atoms with Gasteiger partial charge >= 0.3 is 0 Å². The molecule has 0 bridgehead atoms. The van der Waals surface area contributed by atoms with Gasteiger partial charge in [0.05, 0.1) is 28.1 Å². The van der Waals surface area contributed by atoms with Crippen LogP contribution in [-0.4, -0.2) is 33.7 Å². The molecule has 102 valence electrons. The first-order valence-corrected chi connectivity index (χ1v) is 7.42. The summed E-state index contributed by atoms with van der Waals surface area (Å²) in [7, 11) is 1.92. The second-order valence-corrected chi connectivity index (χ2v) is 5.65. The number of aryl methyl sites for hydroxylation is 2. The van der Waals surface area contributed by atoms with Crippen LogP contribution in [0.5, 0.6) is 0 Å². The van der Waals surface area contributed by atoms with E-state index in [1.165, 1.54) is 0 Å². The molecule has 2 heterocycles. The van der Waals surface area contributed by atoms with Crippen molar-refractivity contribution in [3.05, 3.63) is 15.9 Å². The molecular weight excluding hydrogens is 296 g/mol. The van der Waals surface area contributed by atoms with Crippen molar-refractivity contribution in [1.82, 2.24) is 9.78 Å². The van der Waals surface area contributed by atoms with Gasteiger partial charge < -0.3 is 9.84 Å². The van der Waals surface area contributed by atoms with Crippen LogP contribution in [0.4, 0.5) is 0 Å². The van der Waals surface area contributed by atoms with Crippen LogP contribution in [-0.2, 0) is 24.6 Å². The van der Waals surface area contributed by atoms with Gasteiger partial charge in [0.1, 0.15) is 0 Å². The highest BCUT2D eigenvalue weighted by atomic mass is 79.9. The Hall–Kier alpha value is -0.390. The topological polar surface area (TPSA) is 47.3 Å². The molecule has 0 spiro atoms. The maximum Gasteiger partial charge on any atom is 0.0857 e. The zero-order valence-corrected chi connectivity index (χ0v) is 12.6. The number of hydrogen-bond donors (Lipinski definition) is 1. The Bertz CT molecular complexity index is 400. The summed E-state index contributed by atoms with van der Waals surface area (Å²) in [6, 6.07) is 0. The van der Waals surface area contributed by atoms with Crippen molar-refractivity contribution in [1.29, 1.82) is 0 Å². The Kier molecular flexibility index (Phi) is 4.81. The molecule has 1 aromatic heterocycles. The third-order valence-corrected chi connectivity index (χ3v) is 4.46. The van der Waals surface area contributed by atoms with Crippen LogP contribution < -0.4 is 0 Å². The summed E-state index contributed by atoms with van der Waals surface area (Å²) >= 11 is 3.58. The maximum atomic E-state index is 10.3. The lowest BCUT2D eigenvalue weighted by atomic mass is 10.0. The predicted molar refractivity (Wildman–Crippen MR) is 73.6 cm³/mol. The standard InChI is InChI=1S/C13H21BrN2O2/c1-3-9-13(14)10(16(2)15-9)8-11(17)12-6-4-5-7-18-12/h11-12,17H,3-8H2,1-2H3. The summed E-state index contributed by atoms with van der Waals surface area (Å²) in [5.74, 6) is 0. The van der Waals surface area contributed by atoms with Gasteiger partial charge in [0.2, 0.25) is 0 Å². The number of hydrogen-bond acceptors (Lipinski definition) is 3. The molecule has 18 heavy (non-hydrogen) atoms. The monoisotopic (exact) mass is 316 g/mol. The first-order chi connectivity index (χ1) is 8.63. The summed E-state index contributed by atoms with van der Waals surface area (Å²) < 4.78 is 8.52. The lowest BCUT2D eigenvalue weighted by molar-refractivity contribution is -0.0617. The fourth-order valence-corrected chi connectivity index (χ4v) is 3.22. The molecule has 0 saturated carbocycles. The van der Waals surface area contributed by atoms with Crippen molar-refractivity contribution in [2.24, 2.45) is 7.05 Å². The minimum absolute atomic E-state index is 0.0226. The van der Waals surface area contributed by atoms with Gasteiger partial charge in [-0.25, -0.2) is 0 Å². The van der Waals surface area contributed by atoms with E-state index in [4.69, 9.17) is 4.74 Å². The second-order valence-electron chi connectivity index (χ2n) is 4.86. The Morgan fingerprint density at radius 2 is 2.33 bits per heavy atom. The number of aliphatic hydroxyl groups excluding tert-OH is 1. The van der Waals surface area contributed by atoms with E-state index in [-0.39, 0.29) is 6.10 Å². The number of halogens is 1. The fraction of sp³-hybridized carbons (Fsp3) is 0.769. The quantitative estimate of drug-likeness (QED) is 0.926. The predicted octanol–water partition coefficient (Wildman–Crippen LogP) is 2.22. The van der Waals surface area contributed by atoms with Crippen molar-refractivity contribution in [2.75, 3.05) is 6.61 Å². The molecular formula is C13H21BrN2O2. The number of aliphatic hydroxyl groups is 1. The lowest BCUT2D eigenvalue weighted by Crippen LogP contribution is -2.34. The molecule has 1 aromatic rings. The van der Waals surface area contributed by atoms with Crippen LogP contribution in [0.15, 0.2) is 4.47 Å². The van der Waals surface area contributed by atoms with Crippen molar-refractivity contribution in [2.45, 2.75) is 51.2 Å². The van der Waals surface area contributed by atoms with Crippen molar-refractivity contribution in [3.63, 3.8) is 0 Å². The summed E-state index contributed by atoms with van der Waals surface area (Å²) in [6.45, 7) is 2.85. The van der Waals surface area contributed by atoms with E-state index < -0.39 is 6.10 Å². The third-order valence-electron chi connectivity index (χ3n) is 3.55. The molecule has 4 nitrogen and oxygen atoms in total. The molecule has 1 saturated heterocycles. The molecule has 1 aliphatic heterocycles. The zero-order chi connectivity index (χ0) is 13.1. The summed E-state index contributed by atoms with van der Waals surface area (Å²) in [5.41, 5.74) is 2.10. The minimum atomic E-state index is -0.443.